The second-order valence-corrected chi connectivity index (χ2v) is 6.97. The lowest BCUT2D eigenvalue weighted by atomic mass is 9.99. The molecule has 1 aliphatic rings. The van der Waals surface area contributed by atoms with Gasteiger partial charge in [-0.3, -0.25) is 4.79 Å². The molecule has 0 radical (unpaired) electrons. The van der Waals surface area contributed by atoms with Crippen molar-refractivity contribution in [2.45, 2.75) is 13.0 Å². The number of methoxy groups -OCH3 is 2. The Labute approximate surface area is 165 Å². The number of anilines is 1. The van der Waals surface area contributed by atoms with Gasteiger partial charge in [0, 0.05) is 26.2 Å². The zero-order valence-electron chi connectivity index (χ0n) is 16.9. The van der Waals surface area contributed by atoms with E-state index >= 15 is 0 Å². The van der Waals surface area contributed by atoms with Crippen molar-refractivity contribution in [3.63, 3.8) is 0 Å². The number of fused-ring (bicyclic) bond motifs is 1. The average Bonchev–Trinajstić information content (AvgIpc) is 2.72. The van der Waals surface area contributed by atoms with Gasteiger partial charge in [-0.2, -0.15) is 0 Å². The molecular weight excluding hydrogens is 358 g/mol. The van der Waals surface area contributed by atoms with E-state index in [4.69, 9.17) is 9.47 Å². The van der Waals surface area contributed by atoms with Gasteiger partial charge in [-0.05, 0) is 43.8 Å². The number of amides is 1. The molecule has 2 aromatic rings. The summed E-state index contributed by atoms with van der Waals surface area (Å²) in [5.74, 6) is 2.02. The Morgan fingerprint density at radius 2 is 1.86 bits per heavy atom. The summed E-state index contributed by atoms with van der Waals surface area (Å²) in [6.45, 7) is 2.88. The molecule has 8 nitrogen and oxygen atoms in total. The number of rotatable bonds is 7. The molecule has 3 rings (SSSR count). The van der Waals surface area contributed by atoms with Crippen molar-refractivity contribution < 1.29 is 14.3 Å². The molecule has 1 aliphatic heterocycles. The second kappa shape index (κ2) is 8.88. The van der Waals surface area contributed by atoms with E-state index in [1.165, 1.54) is 17.3 Å². The van der Waals surface area contributed by atoms with Crippen LogP contribution in [-0.4, -0.2) is 68.7 Å². The minimum atomic E-state index is -0.207. The van der Waals surface area contributed by atoms with Gasteiger partial charge in [0.2, 0.25) is 0 Å². The number of likely N-dealkylation sites (N-methyl/N-ethyl adjacent to an activating group) is 1. The van der Waals surface area contributed by atoms with Crippen LogP contribution in [0.25, 0.3) is 0 Å². The first-order valence-electron chi connectivity index (χ1n) is 9.25. The van der Waals surface area contributed by atoms with Crippen LogP contribution in [-0.2, 0) is 13.0 Å². The molecule has 2 heterocycles. The Hall–Kier alpha value is -2.87. The topological polar surface area (TPSA) is 79.8 Å². The molecule has 1 amide bonds. The maximum atomic E-state index is 12.1. The van der Waals surface area contributed by atoms with Gasteiger partial charge in [-0.15, -0.1) is 0 Å². The molecule has 0 fully saturated rings. The number of carbonyl (C=O) groups is 1. The lowest BCUT2D eigenvalue weighted by Gasteiger charge is -2.30. The summed E-state index contributed by atoms with van der Waals surface area (Å²) in [5.41, 5.74) is 2.75. The van der Waals surface area contributed by atoms with Crippen molar-refractivity contribution in [2.75, 3.05) is 52.8 Å². The van der Waals surface area contributed by atoms with E-state index in [1.807, 2.05) is 31.1 Å². The Morgan fingerprint density at radius 1 is 1.14 bits per heavy atom. The lowest BCUT2D eigenvalue weighted by Crippen LogP contribution is -2.33. The van der Waals surface area contributed by atoms with Crippen molar-refractivity contribution in [1.29, 1.82) is 0 Å². The molecule has 150 valence electrons. The van der Waals surface area contributed by atoms with E-state index in [0.29, 0.717) is 18.8 Å². The van der Waals surface area contributed by atoms with Gasteiger partial charge in [0.1, 0.15) is 11.5 Å². The van der Waals surface area contributed by atoms with Crippen LogP contribution in [0.15, 0.2) is 24.5 Å². The van der Waals surface area contributed by atoms with E-state index in [-0.39, 0.29) is 5.91 Å². The Morgan fingerprint density at radius 3 is 2.46 bits per heavy atom. The van der Waals surface area contributed by atoms with Crippen LogP contribution in [0.3, 0.4) is 0 Å². The van der Waals surface area contributed by atoms with E-state index in [2.05, 4.69) is 20.2 Å². The van der Waals surface area contributed by atoms with Crippen LogP contribution in [0.5, 0.6) is 11.5 Å². The number of hydrogen-bond acceptors (Lipinski definition) is 7. The normalized spacial score (nSPS) is 13.2. The van der Waals surface area contributed by atoms with Gasteiger partial charge in [-0.25, -0.2) is 9.97 Å². The van der Waals surface area contributed by atoms with Crippen molar-refractivity contribution in [2.24, 2.45) is 0 Å². The monoisotopic (exact) mass is 385 g/mol. The summed E-state index contributed by atoms with van der Waals surface area (Å²) in [4.78, 5) is 25.0. The predicted octanol–water partition coefficient (Wildman–Crippen LogP) is 1.35. The largest absolute Gasteiger partial charge is 0.493 e. The standard InChI is InChI=1S/C20H27N5O3/c1-24(2)8-6-21-20(26)16-11-23-19(12-22-16)25-7-5-14-9-17(27-3)18(28-4)10-15(14)13-25/h9-12H,5-8,13H2,1-4H3,(H,21,26). The molecule has 1 aromatic heterocycles. The first-order valence-corrected chi connectivity index (χ1v) is 9.25. The summed E-state index contributed by atoms with van der Waals surface area (Å²) in [6.07, 6.45) is 4.07. The lowest BCUT2D eigenvalue weighted by molar-refractivity contribution is 0.0945. The first-order chi connectivity index (χ1) is 13.5. The van der Waals surface area contributed by atoms with Gasteiger partial charge in [0.05, 0.1) is 26.6 Å². The number of ether oxygens (including phenoxy) is 2. The summed E-state index contributed by atoms with van der Waals surface area (Å²) >= 11 is 0. The molecule has 0 spiro atoms. The van der Waals surface area contributed by atoms with Gasteiger partial charge >= 0.3 is 0 Å². The maximum Gasteiger partial charge on any atom is 0.271 e. The fourth-order valence-corrected chi connectivity index (χ4v) is 3.16. The molecule has 0 atom stereocenters. The molecule has 1 N–H and O–H groups in total. The highest BCUT2D eigenvalue weighted by Gasteiger charge is 2.21. The highest BCUT2D eigenvalue weighted by Crippen LogP contribution is 2.33. The smallest absolute Gasteiger partial charge is 0.271 e. The zero-order valence-corrected chi connectivity index (χ0v) is 16.9. The summed E-state index contributed by atoms with van der Waals surface area (Å²) in [7, 11) is 7.21. The summed E-state index contributed by atoms with van der Waals surface area (Å²) < 4.78 is 10.8. The van der Waals surface area contributed by atoms with Gasteiger partial charge in [0.15, 0.2) is 11.5 Å². The predicted molar refractivity (Wildman–Crippen MR) is 107 cm³/mol. The maximum absolute atomic E-state index is 12.1. The minimum Gasteiger partial charge on any atom is -0.493 e. The van der Waals surface area contributed by atoms with Crippen molar-refractivity contribution in [3.8, 4) is 11.5 Å². The fraction of sp³-hybridized carbons (Fsp3) is 0.450. The average molecular weight is 385 g/mol. The van der Waals surface area contributed by atoms with E-state index in [9.17, 15) is 4.79 Å². The zero-order chi connectivity index (χ0) is 20.1. The third-order valence-corrected chi connectivity index (χ3v) is 4.76. The summed E-state index contributed by atoms with van der Waals surface area (Å²) in [5, 5.41) is 2.84. The number of hydrogen-bond donors (Lipinski definition) is 1. The summed E-state index contributed by atoms with van der Waals surface area (Å²) in [6, 6.07) is 4.05. The van der Waals surface area contributed by atoms with Crippen LogP contribution in [0.4, 0.5) is 5.82 Å². The van der Waals surface area contributed by atoms with Crippen LogP contribution in [0.1, 0.15) is 21.6 Å². The number of nitrogens with one attached hydrogen (secondary N) is 1. The number of carbonyl (C=O) groups excluding carboxylic acids is 1. The molecule has 1 aromatic carbocycles. The van der Waals surface area contributed by atoms with Crippen LogP contribution in [0.2, 0.25) is 0 Å². The molecule has 8 heteroatoms. The number of nitrogens with zero attached hydrogens (tertiary/aromatic N) is 4. The van der Waals surface area contributed by atoms with Crippen LogP contribution < -0.4 is 19.7 Å². The Kier molecular flexibility index (Phi) is 6.30. The van der Waals surface area contributed by atoms with Crippen LogP contribution >= 0.6 is 0 Å². The number of benzene rings is 1. The van der Waals surface area contributed by atoms with E-state index in [1.54, 1.807) is 20.4 Å². The third-order valence-electron chi connectivity index (χ3n) is 4.76. The molecule has 28 heavy (non-hydrogen) atoms. The Balaban J connectivity index is 1.68. The van der Waals surface area contributed by atoms with Gasteiger partial charge in [-0.1, -0.05) is 0 Å². The molecule has 0 saturated heterocycles. The van der Waals surface area contributed by atoms with Crippen molar-refractivity contribution >= 4 is 11.7 Å². The molecular formula is C20H27N5O3. The third kappa shape index (κ3) is 4.51. The fourth-order valence-electron chi connectivity index (χ4n) is 3.16. The number of aromatic nitrogens is 2. The van der Waals surface area contributed by atoms with Crippen molar-refractivity contribution in [1.82, 2.24) is 20.2 Å². The highest BCUT2D eigenvalue weighted by atomic mass is 16.5. The molecule has 0 aliphatic carbocycles. The van der Waals surface area contributed by atoms with E-state index in [0.717, 1.165) is 36.8 Å². The van der Waals surface area contributed by atoms with Gasteiger partial charge in [0.25, 0.3) is 5.91 Å². The van der Waals surface area contributed by atoms with E-state index < -0.39 is 0 Å². The van der Waals surface area contributed by atoms with Crippen molar-refractivity contribution in [3.05, 3.63) is 41.3 Å². The quantitative estimate of drug-likeness (QED) is 0.771. The molecule has 0 unspecified atom stereocenters. The van der Waals surface area contributed by atoms with Gasteiger partial charge < -0.3 is 24.6 Å². The Bertz CT molecular complexity index is 823. The second-order valence-electron chi connectivity index (χ2n) is 6.97. The SMILES string of the molecule is COc1cc2c(cc1OC)CN(c1cnc(C(=O)NCCN(C)C)cn1)CC2. The first kappa shape index (κ1) is 19.9. The molecule has 0 bridgehead atoms. The highest BCUT2D eigenvalue weighted by molar-refractivity contribution is 5.92. The van der Waals surface area contributed by atoms with Crippen LogP contribution in [0, 0.1) is 0 Å². The molecule has 0 saturated carbocycles. The minimum absolute atomic E-state index is 0.207.